The van der Waals surface area contributed by atoms with Crippen molar-refractivity contribution in [3.8, 4) is 0 Å². The summed E-state index contributed by atoms with van der Waals surface area (Å²) in [6.45, 7) is 3.93. The molecular formula is C13H20O2. The Labute approximate surface area is 91.4 Å². The number of carboxylic acids is 1. The van der Waals surface area contributed by atoms with Crippen LogP contribution in [0.3, 0.4) is 0 Å². The minimum Gasteiger partial charge on any atom is -0.478 e. The summed E-state index contributed by atoms with van der Waals surface area (Å²) in [6, 6.07) is 0. The largest absolute Gasteiger partial charge is 0.478 e. The van der Waals surface area contributed by atoms with Crippen LogP contribution in [0.1, 0.15) is 46.0 Å². The van der Waals surface area contributed by atoms with Crippen molar-refractivity contribution in [2.45, 2.75) is 46.0 Å². The minimum absolute atomic E-state index is 0.214. The number of hydrogen-bond donors (Lipinski definition) is 1. The Hall–Kier alpha value is -0.790. The Morgan fingerprint density at radius 1 is 1.53 bits per heavy atom. The molecular weight excluding hydrogens is 188 g/mol. The van der Waals surface area contributed by atoms with Crippen molar-refractivity contribution in [3.63, 3.8) is 0 Å². The highest BCUT2D eigenvalue weighted by Crippen LogP contribution is 2.58. The summed E-state index contributed by atoms with van der Waals surface area (Å²) in [5.41, 5.74) is 0.746. The van der Waals surface area contributed by atoms with Crippen LogP contribution in [0, 0.1) is 17.3 Å². The van der Waals surface area contributed by atoms with Crippen LogP contribution in [0.4, 0.5) is 0 Å². The summed E-state index contributed by atoms with van der Waals surface area (Å²) in [7, 11) is 0. The average molecular weight is 208 g/mol. The molecule has 0 aromatic rings. The Balaban J connectivity index is 2.24. The van der Waals surface area contributed by atoms with Gasteiger partial charge in [-0.2, -0.15) is 0 Å². The maximum atomic E-state index is 10.9. The van der Waals surface area contributed by atoms with E-state index >= 15 is 0 Å². The summed E-state index contributed by atoms with van der Waals surface area (Å²) < 4.78 is 0. The van der Waals surface area contributed by atoms with Gasteiger partial charge in [-0.25, -0.2) is 4.79 Å². The molecule has 2 bridgehead atoms. The standard InChI is InChI=1S/C13H20O2/c1-3-13(7-9(2)12(14)15)8-10-4-5-11(13)6-10/h7,10-11H,3-6,8H2,1-2H3,(H,14,15). The number of carboxylic acid groups (broad SMARTS) is 1. The van der Waals surface area contributed by atoms with Gasteiger partial charge in [0.15, 0.2) is 0 Å². The number of fused-ring (bicyclic) bond motifs is 2. The fourth-order valence-corrected chi connectivity index (χ4v) is 3.69. The lowest BCUT2D eigenvalue weighted by molar-refractivity contribution is -0.132. The van der Waals surface area contributed by atoms with Crippen LogP contribution >= 0.6 is 0 Å². The fourth-order valence-electron chi connectivity index (χ4n) is 3.69. The topological polar surface area (TPSA) is 37.3 Å². The van der Waals surface area contributed by atoms with Gasteiger partial charge in [0, 0.05) is 5.57 Å². The molecule has 0 heterocycles. The lowest BCUT2D eigenvalue weighted by atomic mass is 9.70. The van der Waals surface area contributed by atoms with Gasteiger partial charge in [0.1, 0.15) is 0 Å². The third-order valence-electron chi connectivity index (χ3n) is 4.52. The Kier molecular flexibility index (Phi) is 2.61. The maximum Gasteiger partial charge on any atom is 0.330 e. The first-order chi connectivity index (χ1) is 7.07. The van der Waals surface area contributed by atoms with E-state index in [1.807, 2.05) is 0 Å². The zero-order chi connectivity index (χ0) is 11.1. The smallest absolute Gasteiger partial charge is 0.330 e. The fraction of sp³-hybridized carbons (Fsp3) is 0.769. The number of aliphatic carboxylic acids is 1. The average Bonchev–Trinajstić information content (AvgIpc) is 2.77. The quantitative estimate of drug-likeness (QED) is 0.723. The maximum absolute atomic E-state index is 10.9. The van der Waals surface area contributed by atoms with Crippen LogP contribution in [0.5, 0.6) is 0 Å². The molecule has 15 heavy (non-hydrogen) atoms. The zero-order valence-corrected chi connectivity index (χ0v) is 9.62. The first-order valence-electron chi connectivity index (χ1n) is 6.00. The van der Waals surface area contributed by atoms with E-state index in [2.05, 4.69) is 13.0 Å². The Bertz CT molecular complexity index is 306. The van der Waals surface area contributed by atoms with E-state index in [-0.39, 0.29) is 5.41 Å². The molecule has 0 spiro atoms. The van der Waals surface area contributed by atoms with Gasteiger partial charge >= 0.3 is 5.97 Å². The molecule has 2 aliphatic carbocycles. The highest BCUT2D eigenvalue weighted by Gasteiger charge is 2.48. The van der Waals surface area contributed by atoms with Crippen LogP contribution in [0.2, 0.25) is 0 Å². The van der Waals surface area contributed by atoms with Crippen molar-refractivity contribution in [3.05, 3.63) is 11.6 Å². The van der Waals surface area contributed by atoms with Gasteiger partial charge < -0.3 is 5.11 Å². The van der Waals surface area contributed by atoms with E-state index < -0.39 is 5.97 Å². The summed E-state index contributed by atoms with van der Waals surface area (Å²) in [5, 5.41) is 8.95. The third-order valence-corrected chi connectivity index (χ3v) is 4.52. The monoisotopic (exact) mass is 208 g/mol. The van der Waals surface area contributed by atoms with E-state index in [4.69, 9.17) is 5.11 Å². The van der Waals surface area contributed by atoms with Crippen LogP contribution in [-0.4, -0.2) is 11.1 Å². The van der Waals surface area contributed by atoms with Crippen molar-refractivity contribution in [1.29, 1.82) is 0 Å². The predicted molar refractivity (Wildman–Crippen MR) is 59.6 cm³/mol. The molecule has 0 aromatic heterocycles. The number of hydrogen-bond acceptors (Lipinski definition) is 1. The van der Waals surface area contributed by atoms with E-state index in [0.29, 0.717) is 5.57 Å². The molecule has 2 saturated carbocycles. The van der Waals surface area contributed by atoms with Crippen LogP contribution < -0.4 is 0 Å². The molecule has 0 aliphatic heterocycles. The summed E-state index contributed by atoms with van der Waals surface area (Å²) in [4.78, 5) is 10.9. The molecule has 84 valence electrons. The summed E-state index contributed by atoms with van der Waals surface area (Å²) in [6.07, 6.45) is 8.38. The van der Waals surface area contributed by atoms with Gasteiger partial charge in [0.25, 0.3) is 0 Å². The Morgan fingerprint density at radius 2 is 2.27 bits per heavy atom. The first kappa shape index (κ1) is 10.7. The molecule has 3 unspecified atom stereocenters. The molecule has 2 nitrogen and oxygen atoms in total. The third kappa shape index (κ3) is 1.70. The SMILES string of the molecule is CCC1(C=C(C)C(=O)O)CC2CCC1C2. The molecule has 1 N–H and O–H groups in total. The lowest BCUT2D eigenvalue weighted by Gasteiger charge is -2.34. The highest BCUT2D eigenvalue weighted by molar-refractivity contribution is 5.85. The van der Waals surface area contributed by atoms with E-state index in [1.54, 1.807) is 6.92 Å². The van der Waals surface area contributed by atoms with Crippen LogP contribution in [0.15, 0.2) is 11.6 Å². The van der Waals surface area contributed by atoms with Crippen molar-refractivity contribution < 1.29 is 9.90 Å². The van der Waals surface area contributed by atoms with Gasteiger partial charge in [-0.3, -0.25) is 0 Å². The van der Waals surface area contributed by atoms with Crippen LogP contribution in [0.25, 0.3) is 0 Å². The minimum atomic E-state index is -0.759. The van der Waals surface area contributed by atoms with Gasteiger partial charge in [0.2, 0.25) is 0 Å². The number of allylic oxidation sites excluding steroid dienone is 1. The second kappa shape index (κ2) is 3.66. The second-order valence-electron chi connectivity index (χ2n) is 5.30. The normalized spacial score (nSPS) is 39.7. The van der Waals surface area contributed by atoms with Crippen molar-refractivity contribution >= 4 is 5.97 Å². The van der Waals surface area contributed by atoms with E-state index in [1.165, 1.54) is 25.7 Å². The van der Waals surface area contributed by atoms with Crippen molar-refractivity contribution in [1.82, 2.24) is 0 Å². The number of carbonyl (C=O) groups is 1. The summed E-state index contributed by atoms with van der Waals surface area (Å²) in [5.74, 6) is 0.861. The van der Waals surface area contributed by atoms with Crippen molar-refractivity contribution in [2.75, 3.05) is 0 Å². The van der Waals surface area contributed by atoms with Gasteiger partial charge in [-0.1, -0.05) is 19.4 Å². The molecule has 2 rings (SSSR count). The molecule has 2 aliphatic rings. The van der Waals surface area contributed by atoms with E-state index in [0.717, 1.165) is 18.3 Å². The molecule has 0 amide bonds. The molecule has 0 aromatic carbocycles. The second-order valence-corrected chi connectivity index (χ2v) is 5.30. The number of rotatable bonds is 3. The summed E-state index contributed by atoms with van der Waals surface area (Å²) >= 11 is 0. The van der Waals surface area contributed by atoms with Crippen molar-refractivity contribution in [2.24, 2.45) is 17.3 Å². The van der Waals surface area contributed by atoms with Gasteiger partial charge in [-0.15, -0.1) is 0 Å². The predicted octanol–water partition coefficient (Wildman–Crippen LogP) is 3.23. The Morgan fingerprint density at radius 3 is 2.67 bits per heavy atom. The highest BCUT2D eigenvalue weighted by atomic mass is 16.4. The van der Waals surface area contributed by atoms with Crippen LogP contribution in [-0.2, 0) is 4.79 Å². The molecule has 3 atom stereocenters. The van der Waals surface area contributed by atoms with Gasteiger partial charge in [-0.05, 0) is 49.9 Å². The van der Waals surface area contributed by atoms with E-state index in [9.17, 15) is 4.79 Å². The molecule has 0 saturated heterocycles. The van der Waals surface area contributed by atoms with Gasteiger partial charge in [0.05, 0.1) is 0 Å². The first-order valence-corrected chi connectivity index (χ1v) is 6.00. The lowest BCUT2D eigenvalue weighted by Crippen LogP contribution is -2.25. The molecule has 0 radical (unpaired) electrons. The molecule has 2 heteroatoms. The molecule has 2 fully saturated rings. The zero-order valence-electron chi connectivity index (χ0n) is 9.62.